The van der Waals surface area contributed by atoms with Crippen LogP contribution >= 0.6 is 11.6 Å². The Morgan fingerprint density at radius 1 is 0.969 bits per heavy atom. The first-order chi connectivity index (χ1) is 15.2. The van der Waals surface area contributed by atoms with Crippen molar-refractivity contribution in [2.24, 2.45) is 7.05 Å². The van der Waals surface area contributed by atoms with E-state index in [2.05, 4.69) is 9.97 Å². The molecule has 0 aliphatic carbocycles. The Morgan fingerprint density at radius 3 is 2.38 bits per heavy atom. The monoisotopic (exact) mass is 472 g/mol. The van der Waals surface area contributed by atoms with Crippen LogP contribution in [0, 0.1) is 18.6 Å². The van der Waals surface area contributed by atoms with Crippen LogP contribution in [0.15, 0.2) is 59.8 Å². The summed E-state index contributed by atoms with van der Waals surface area (Å²) in [6.45, 7) is 1.86. The van der Waals surface area contributed by atoms with E-state index < -0.39 is 21.7 Å². The van der Waals surface area contributed by atoms with Gasteiger partial charge >= 0.3 is 0 Å². The lowest BCUT2D eigenvalue weighted by Gasteiger charge is -2.08. The maximum absolute atomic E-state index is 14.0. The van der Waals surface area contributed by atoms with Crippen LogP contribution in [0.5, 0.6) is 0 Å². The van der Waals surface area contributed by atoms with E-state index in [0.717, 1.165) is 21.7 Å². The number of aromatic nitrogens is 4. The zero-order valence-corrected chi connectivity index (χ0v) is 18.4. The standard InChI is InChI=1S/C22H15ClF2N4O2S/c1-12-3-5-13(6-4-12)32(30,31)29-8-7-14-20(26-22(23)27-21(14)29)16-11-28(2)19-10-18(25)17(24)9-15(16)19/h3-11H,1-2H3. The second kappa shape index (κ2) is 7.11. The molecule has 32 heavy (non-hydrogen) atoms. The maximum Gasteiger partial charge on any atom is 0.269 e. The van der Waals surface area contributed by atoms with Crippen LogP contribution in [0.1, 0.15) is 5.56 Å². The van der Waals surface area contributed by atoms with Gasteiger partial charge in [-0.25, -0.2) is 26.2 Å². The fraction of sp³-hybridized carbons (Fsp3) is 0.0909. The normalized spacial score (nSPS) is 12.2. The summed E-state index contributed by atoms with van der Waals surface area (Å²) in [6, 6.07) is 10.2. The first kappa shape index (κ1) is 20.6. The first-order valence-corrected chi connectivity index (χ1v) is 11.3. The van der Waals surface area contributed by atoms with Crippen LogP contribution in [-0.2, 0) is 17.1 Å². The topological polar surface area (TPSA) is 69.8 Å². The molecule has 0 aliphatic rings. The SMILES string of the molecule is Cc1ccc(S(=O)(=O)n2ccc3c(-c4cn(C)c5cc(F)c(F)cc45)nc(Cl)nc32)cc1. The molecule has 162 valence electrons. The smallest absolute Gasteiger partial charge is 0.269 e. The van der Waals surface area contributed by atoms with Gasteiger partial charge in [0.05, 0.1) is 16.1 Å². The van der Waals surface area contributed by atoms with Crippen LogP contribution in [0.25, 0.3) is 33.2 Å². The highest BCUT2D eigenvalue weighted by atomic mass is 35.5. The lowest BCUT2D eigenvalue weighted by atomic mass is 10.1. The number of benzene rings is 2. The maximum atomic E-state index is 14.0. The number of fused-ring (bicyclic) bond motifs is 2. The van der Waals surface area contributed by atoms with Crippen LogP contribution in [0.2, 0.25) is 5.28 Å². The van der Waals surface area contributed by atoms with Gasteiger partial charge in [-0.15, -0.1) is 0 Å². The Hall–Kier alpha value is -3.30. The zero-order valence-electron chi connectivity index (χ0n) is 16.8. The molecule has 0 fully saturated rings. The van der Waals surface area contributed by atoms with Crippen molar-refractivity contribution < 1.29 is 17.2 Å². The Bertz CT molecular complexity index is 1640. The van der Waals surface area contributed by atoms with Crippen molar-refractivity contribution in [3.63, 3.8) is 0 Å². The molecule has 3 heterocycles. The molecule has 5 aromatic rings. The number of halogens is 3. The van der Waals surface area contributed by atoms with E-state index in [-0.39, 0.29) is 15.8 Å². The quantitative estimate of drug-likeness (QED) is 0.344. The zero-order chi connectivity index (χ0) is 22.8. The summed E-state index contributed by atoms with van der Waals surface area (Å²) in [7, 11) is -2.26. The van der Waals surface area contributed by atoms with Gasteiger partial charge in [0, 0.05) is 41.8 Å². The van der Waals surface area contributed by atoms with Gasteiger partial charge in [-0.1, -0.05) is 17.7 Å². The molecule has 0 saturated heterocycles. The van der Waals surface area contributed by atoms with Gasteiger partial charge in [0.2, 0.25) is 5.28 Å². The summed E-state index contributed by atoms with van der Waals surface area (Å²) in [5.41, 5.74) is 2.25. The van der Waals surface area contributed by atoms with Gasteiger partial charge in [0.1, 0.15) is 0 Å². The van der Waals surface area contributed by atoms with Crippen LogP contribution in [0.4, 0.5) is 8.78 Å². The third-order valence-electron chi connectivity index (χ3n) is 5.35. The van der Waals surface area contributed by atoms with Crippen molar-refractivity contribution in [1.29, 1.82) is 0 Å². The third-order valence-corrected chi connectivity index (χ3v) is 7.20. The van der Waals surface area contributed by atoms with E-state index in [1.807, 2.05) is 6.92 Å². The van der Waals surface area contributed by atoms with Gasteiger partial charge < -0.3 is 4.57 Å². The van der Waals surface area contributed by atoms with E-state index in [1.165, 1.54) is 18.3 Å². The van der Waals surface area contributed by atoms with Gasteiger partial charge in [0.15, 0.2) is 17.3 Å². The van der Waals surface area contributed by atoms with Crippen molar-refractivity contribution in [1.82, 2.24) is 18.5 Å². The summed E-state index contributed by atoms with van der Waals surface area (Å²) in [5, 5.41) is 0.644. The molecule has 0 unspecified atom stereocenters. The predicted molar refractivity (Wildman–Crippen MR) is 118 cm³/mol. The molecule has 3 aromatic heterocycles. The van der Waals surface area contributed by atoms with Gasteiger partial charge in [-0.2, -0.15) is 4.98 Å². The van der Waals surface area contributed by atoms with E-state index >= 15 is 0 Å². The highest BCUT2D eigenvalue weighted by Gasteiger charge is 2.24. The number of nitrogens with zero attached hydrogens (tertiary/aromatic N) is 4. The molecule has 5 rings (SSSR count). The van der Waals surface area contributed by atoms with Gasteiger partial charge in [-0.05, 0) is 42.8 Å². The average molecular weight is 473 g/mol. The summed E-state index contributed by atoms with van der Waals surface area (Å²) < 4.78 is 56.9. The second-order valence-electron chi connectivity index (χ2n) is 7.45. The Morgan fingerprint density at radius 2 is 1.66 bits per heavy atom. The highest BCUT2D eigenvalue weighted by molar-refractivity contribution is 7.90. The van der Waals surface area contributed by atoms with Crippen molar-refractivity contribution in [3.8, 4) is 11.3 Å². The number of hydrogen-bond acceptors (Lipinski definition) is 4. The highest BCUT2D eigenvalue weighted by Crippen LogP contribution is 2.36. The average Bonchev–Trinajstić information content (AvgIpc) is 3.30. The molecule has 0 amide bonds. The summed E-state index contributed by atoms with van der Waals surface area (Å²) in [6.07, 6.45) is 3.03. The summed E-state index contributed by atoms with van der Waals surface area (Å²) in [5.74, 6) is -1.97. The predicted octanol–water partition coefficient (Wildman–Crippen LogP) is 5.07. The first-order valence-electron chi connectivity index (χ1n) is 9.48. The Labute approximate surface area is 186 Å². The Kier molecular flexibility index (Phi) is 4.58. The van der Waals surface area contributed by atoms with Crippen molar-refractivity contribution in [2.75, 3.05) is 0 Å². The fourth-order valence-electron chi connectivity index (χ4n) is 3.75. The Balaban J connectivity index is 1.78. The van der Waals surface area contributed by atoms with Crippen LogP contribution < -0.4 is 0 Å². The number of rotatable bonds is 3. The summed E-state index contributed by atoms with van der Waals surface area (Å²) in [4.78, 5) is 8.53. The third kappa shape index (κ3) is 3.08. The largest absolute Gasteiger partial charge is 0.350 e. The molecule has 0 atom stereocenters. The minimum Gasteiger partial charge on any atom is -0.350 e. The van der Waals surface area contributed by atoms with E-state index in [1.54, 1.807) is 36.0 Å². The molecule has 6 nitrogen and oxygen atoms in total. The second-order valence-corrected chi connectivity index (χ2v) is 9.60. The number of hydrogen-bond donors (Lipinski definition) is 0. The molecular formula is C22H15ClF2N4O2S. The minimum absolute atomic E-state index is 0.0835. The van der Waals surface area contributed by atoms with Crippen LogP contribution in [-0.4, -0.2) is 26.9 Å². The lowest BCUT2D eigenvalue weighted by Crippen LogP contribution is -2.12. The van der Waals surface area contributed by atoms with E-state index in [4.69, 9.17) is 11.6 Å². The van der Waals surface area contributed by atoms with Gasteiger partial charge in [0.25, 0.3) is 10.0 Å². The molecule has 10 heteroatoms. The van der Waals surface area contributed by atoms with E-state index in [0.29, 0.717) is 27.5 Å². The minimum atomic E-state index is -3.95. The summed E-state index contributed by atoms with van der Waals surface area (Å²) >= 11 is 6.16. The van der Waals surface area contributed by atoms with Crippen molar-refractivity contribution in [2.45, 2.75) is 11.8 Å². The van der Waals surface area contributed by atoms with E-state index in [9.17, 15) is 17.2 Å². The molecule has 0 aliphatic heterocycles. The fourth-order valence-corrected chi connectivity index (χ4v) is 5.21. The molecule has 0 bridgehead atoms. The van der Waals surface area contributed by atoms with Crippen molar-refractivity contribution >= 4 is 43.6 Å². The van der Waals surface area contributed by atoms with Crippen LogP contribution in [0.3, 0.4) is 0 Å². The molecule has 0 radical (unpaired) electrons. The molecular weight excluding hydrogens is 458 g/mol. The molecule has 0 spiro atoms. The van der Waals surface area contributed by atoms with Gasteiger partial charge in [-0.3, -0.25) is 0 Å². The molecule has 0 saturated carbocycles. The molecule has 2 aromatic carbocycles. The van der Waals surface area contributed by atoms with Crippen molar-refractivity contribution in [3.05, 3.63) is 77.3 Å². The molecule has 0 N–H and O–H groups in total. The number of aryl methyl sites for hydroxylation is 2. The lowest BCUT2D eigenvalue weighted by molar-refractivity contribution is 0.510.